The van der Waals surface area contributed by atoms with E-state index in [1.807, 2.05) is 44.2 Å². The average Bonchev–Trinajstić information content (AvgIpc) is 3.03. The summed E-state index contributed by atoms with van der Waals surface area (Å²) in [6.07, 6.45) is 0.860. The van der Waals surface area contributed by atoms with Gasteiger partial charge in [-0.1, -0.05) is 107 Å². The Bertz CT molecular complexity index is 1710. The zero-order valence-electron chi connectivity index (χ0n) is 24.9. The predicted octanol–water partition coefficient (Wildman–Crippen LogP) is 7.51. The molecule has 0 fully saturated rings. The second-order valence-electron chi connectivity index (χ2n) is 10.5. The van der Waals surface area contributed by atoms with Crippen LogP contribution in [0.25, 0.3) is 0 Å². The predicted molar refractivity (Wildman–Crippen MR) is 184 cm³/mol. The molecule has 7 nitrogen and oxygen atoms in total. The third kappa shape index (κ3) is 8.88. The molecule has 45 heavy (non-hydrogen) atoms. The second-order valence-corrected chi connectivity index (χ2v) is 14.1. The van der Waals surface area contributed by atoms with Crippen molar-refractivity contribution in [3.8, 4) is 0 Å². The monoisotopic (exact) mass is 729 g/mol. The number of nitrogens with one attached hydrogen (secondary N) is 1. The molecule has 0 heterocycles. The summed E-state index contributed by atoms with van der Waals surface area (Å²) in [5.74, 6) is -0.977. The first-order valence-electron chi connectivity index (χ1n) is 14.4. The molecule has 11 heteroatoms. The third-order valence-corrected chi connectivity index (χ3v) is 10.4. The molecule has 0 aliphatic rings. The summed E-state index contributed by atoms with van der Waals surface area (Å²) < 4.78 is 29.8. The van der Waals surface area contributed by atoms with Gasteiger partial charge in [-0.05, 0) is 61.4 Å². The van der Waals surface area contributed by atoms with Crippen molar-refractivity contribution < 1.29 is 18.0 Å². The fraction of sp³-hybridized carbons (Fsp3) is 0.235. The van der Waals surface area contributed by atoms with E-state index in [-0.39, 0.29) is 35.5 Å². The Balaban J connectivity index is 1.84. The largest absolute Gasteiger partial charge is 0.352 e. The number of amides is 2. The maximum Gasteiger partial charge on any atom is 0.264 e. The van der Waals surface area contributed by atoms with E-state index in [2.05, 4.69) is 21.2 Å². The molecule has 4 aromatic rings. The van der Waals surface area contributed by atoms with Crippen molar-refractivity contribution in [3.63, 3.8) is 0 Å². The van der Waals surface area contributed by atoms with Crippen LogP contribution in [0.4, 0.5) is 5.69 Å². The third-order valence-electron chi connectivity index (χ3n) is 7.37. The van der Waals surface area contributed by atoms with Crippen LogP contribution in [0.3, 0.4) is 0 Å². The topological polar surface area (TPSA) is 86.8 Å². The van der Waals surface area contributed by atoms with E-state index in [1.165, 1.54) is 17.0 Å². The first-order chi connectivity index (χ1) is 21.5. The summed E-state index contributed by atoms with van der Waals surface area (Å²) in [5, 5.41) is 3.65. The number of sulfonamides is 1. The van der Waals surface area contributed by atoms with Gasteiger partial charge in [0.05, 0.1) is 10.6 Å². The molecule has 236 valence electrons. The number of hydrogen-bond acceptors (Lipinski definition) is 4. The van der Waals surface area contributed by atoms with E-state index in [4.69, 9.17) is 23.2 Å². The Morgan fingerprint density at radius 2 is 1.47 bits per heavy atom. The van der Waals surface area contributed by atoms with Gasteiger partial charge in [-0.2, -0.15) is 0 Å². The molecule has 0 saturated carbocycles. The maximum absolute atomic E-state index is 14.6. The van der Waals surface area contributed by atoms with Crippen LogP contribution in [0.15, 0.2) is 112 Å². The SMILES string of the molecule is CC[C@@H](C)NC(=O)[C@@H](Cc1ccccc1)N(Cc1c(Cl)cccc1Cl)C(=O)CN(c1cccc(Br)c1)S(=O)(=O)c1ccccc1. The van der Waals surface area contributed by atoms with E-state index in [0.717, 1.165) is 9.87 Å². The maximum atomic E-state index is 14.6. The average molecular weight is 732 g/mol. The lowest BCUT2D eigenvalue weighted by molar-refractivity contribution is -0.140. The number of halogens is 3. The van der Waals surface area contributed by atoms with Gasteiger partial charge in [0.1, 0.15) is 12.6 Å². The number of rotatable bonds is 13. The van der Waals surface area contributed by atoms with Crippen LogP contribution in [-0.2, 0) is 32.6 Å². The van der Waals surface area contributed by atoms with Crippen molar-refractivity contribution in [1.82, 2.24) is 10.2 Å². The minimum atomic E-state index is -4.20. The van der Waals surface area contributed by atoms with E-state index in [0.29, 0.717) is 26.5 Å². The fourth-order valence-corrected chi connectivity index (χ4v) is 7.06. The Hall–Kier alpha value is -3.37. The smallest absolute Gasteiger partial charge is 0.264 e. The van der Waals surface area contributed by atoms with E-state index in [1.54, 1.807) is 60.7 Å². The molecule has 0 radical (unpaired) electrons. The highest BCUT2D eigenvalue weighted by atomic mass is 79.9. The van der Waals surface area contributed by atoms with Crippen molar-refractivity contribution in [1.29, 1.82) is 0 Å². The van der Waals surface area contributed by atoms with Crippen LogP contribution in [0.1, 0.15) is 31.4 Å². The minimum Gasteiger partial charge on any atom is -0.352 e. The van der Waals surface area contributed by atoms with Crippen molar-refractivity contribution in [3.05, 3.63) is 129 Å². The lowest BCUT2D eigenvalue weighted by Crippen LogP contribution is -2.54. The Labute approximate surface area is 283 Å². The fourth-order valence-electron chi connectivity index (χ4n) is 4.73. The van der Waals surface area contributed by atoms with Gasteiger partial charge in [-0.3, -0.25) is 13.9 Å². The van der Waals surface area contributed by atoms with Crippen molar-refractivity contribution in [2.24, 2.45) is 0 Å². The highest BCUT2D eigenvalue weighted by molar-refractivity contribution is 9.10. The van der Waals surface area contributed by atoms with E-state index < -0.39 is 28.5 Å². The minimum absolute atomic E-state index is 0.0221. The van der Waals surface area contributed by atoms with Gasteiger partial charge in [-0.25, -0.2) is 8.42 Å². The van der Waals surface area contributed by atoms with Crippen LogP contribution in [0, 0.1) is 0 Å². The van der Waals surface area contributed by atoms with Gasteiger partial charge in [0, 0.05) is 39.1 Å². The standard InChI is InChI=1S/C34H34BrCl2N3O4S/c1-3-24(2)38-34(42)32(20-25-12-6-4-7-13-25)39(22-29-30(36)18-11-19-31(29)37)33(41)23-40(27-15-10-14-26(35)21-27)45(43,44)28-16-8-5-9-17-28/h4-19,21,24,32H,3,20,22-23H2,1-2H3,(H,38,42)/t24-,32-/m1/s1. The summed E-state index contributed by atoms with van der Waals surface area (Å²) in [5.41, 5.74) is 1.55. The summed E-state index contributed by atoms with van der Waals surface area (Å²) >= 11 is 16.6. The van der Waals surface area contributed by atoms with E-state index >= 15 is 0 Å². The zero-order valence-corrected chi connectivity index (χ0v) is 28.8. The first kappa shape index (κ1) is 34.5. The Kier molecular flexibility index (Phi) is 12.1. The van der Waals surface area contributed by atoms with Gasteiger partial charge >= 0.3 is 0 Å². The molecule has 4 rings (SSSR count). The van der Waals surface area contributed by atoms with Gasteiger partial charge in [0.2, 0.25) is 11.8 Å². The molecule has 1 N–H and O–H groups in total. The molecule has 0 bridgehead atoms. The van der Waals surface area contributed by atoms with Crippen molar-refractivity contribution in [2.45, 2.75) is 50.2 Å². The Morgan fingerprint density at radius 1 is 0.867 bits per heavy atom. The first-order valence-corrected chi connectivity index (χ1v) is 17.4. The lowest BCUT2D eigenvalue weighted by Gasteiger charge is -2.34. The Morgan fingerprint density at radius 3 is 2.07 bits per heavy atom. The zero-order chi connectivity index (χ0) is 32.6. The number of carbonyl (C=O) groups excluding carboxylic acids is 2. The lowest BCUT2D eigenvalue weighted by atomic mass is 10.0. The van der Waals surface area contributed by atoms with Crippen LogP contribution < -0.4 is 9.62 Å². The number of hydrogen-bond donors (Lipinski definition) is 1. The van der Waals surface area contributed by atoms with Gasteiger partial charge in [-0.15, -0.1) is 0 Å². The normalized spacial score (nSPS) is 12.6. The second kappa shape index (κ2) is 15.8. The number of anilines is 1. The number of carbonyl (C=O) groups is 2. The van der Waals surface area contributed by atoms with Crippen LogP contribution in [0.5, 0.6) is 0 Å². The molecule has 4 aromatic carbocycles. The summed E-state index contributed by atoms with van der Waals surface area (Å²) in [7, 11) is -4.20. The molecule has 2 atom stereocenters. The molecule has 0 unspecified atom stereocenters. The van der Waals surface area contributed by atoms with E-state index in [9.17, 15) is 18.0 Å². The van der Waals surface area contributed by atoms with Gasteiger partial charge < -0.3 is 10.2 Å². The van der Waals surface area contributed by atoms with Gasteiger partial charge in [0.25, 0.3) is 10.0 Å². The van der Waals surface area contributed by atoms with Crippen molar-refractivity contribution in [2.75, 3.05) is 10.8 Å². The molecule has 2 amide bonds. The van der Waals surface area contributed by atoms with Crippen LogP contribution >= 0.6 is 39.1 Å². The summed E-state index contributed by atoms with van der Waals surface area (Å²) in [6, 6.07) is 27.8. The molecule has 0 spiro atoms. The molecule has 0 aliphatic carbocycles. The molecule has 0 aromatic heterocycles. The molecule has 0 saturated heterocycles. The van der Waals surface area contributed by atoms with Crippen molar-refractivity contribution >= 4 is 66.7 Å². The highest BCUT2D eigenvalue weighted by Crippen LogP contribution is 2.30. The summed E-state index contributed by atoms with van der Waals surface area (Å²) in [4.78, 5) is 29.9. The number of benzene rings is 4. The molecular formula is C34H34BrCl2N3O4S. The van der Waals surface area contributed by atoms with Gasteiger partial charge in [0.15, 0.2) is 0 Å². The molecular weight excluding hydrogens is 697 g/mol. The van der Waals surface area contributed by atoms with Crippen LogP contribution in [-0.4, -0.2) is 43.8 Å². The van der Waals surface area contributed by atoms with Crippen LogP contribution in [0.2, 0.25) is 10.0 Å². The highest BCUT2D eigenvalue weighted by Gasteiger charge is 2.35. The molecule has 0 aliphatic heterocycles. The number of nitrogens with zero attached hydrogens (tertiary/aromatic N) is 2. The summed E-state index contributed by atoms with van der Waals surface area (Å²) in [6.45, 7) is 3.13. The quantitative estimate of drug-likeness (QED) is 0.154.